The van der Waals surface area contributed by atoms with Gasteiger partial charge in [-0.15, -0.1) is 0 Å². The minimum atomic E-state index is -4.13. The predicted octanol–water partition coefficient (Wildman–Crippen LogP) is 5.68. The molecule has 0 unspecified atom stereocenters. The van der Waals surface area contributed by atoms with Gasteiger partial charge >= 0.3 is 12.4 Å². The van der Waals surface area contributed by atoms with Gasteiger partial charge in [0.1, 0.15) is 0 Å². The Hall–Kier alpha value is -0.420. The molecule has 0 aromatic rings. The van der Waals surface area contributed by atoms with Gasteiger partial charge in [-0.25, -0.2) is 0 Å². The first-order valence-corrected chi connectivity index (χ1v) is 7.16. The number of halogens is 6. The topological polar surface area (TPSA) is 0 Å². The number of rotatable bonds is 1. The van der Waals surface area contributed by atoms with Gasteiger partial charge in [-0.3, -0.25) is 0 Å². The zero-order valence-electron chi connectivity index (χ0n) is 11.2. The highest BCUT2D eigenvalue weighted by Gasteiger charge is 2.45. The first-order valence-electron chi connectivity index (χ1n) is 7.16. The van der Waals surface area contributed by atoms with E-state index in [2.05, 4.69) is 0 Å². The fraction of sp³-hybridized carbons (Fsp3) is 0.929. The van der Waals surface area contributed by atoms with E-state index in [-0.39, 0.29) is 31.6 Å². The molecule has 0 aromatic heterocycles. The third-order valence-electron chi connectivity index (χ3n) is 4.86. The van der Waals surface area contributed by atoms with Crippen LogP contribution in [0.1, 0.15) is 51.4 Å². The normalized spacial score (nSPS) is 31.5. The molecular formula is C14H19F6. The van der Waals surface area contributed by atoms with E-state index in [4.69, 9.17) is 0 Å². The highest BCUT2D eigenvalue weighted by Crippen LogP contribution is 2.48. The van der Waals surface area contributed by atoms with Crippen LogP contribution in [-0.2, 0) is 0 Å². The van der Waals surface area contributed by atoms with E-state index >= 15 is 0 Å². The molecule has 0 aromatic carbocycles. The molecule has 0 bridgehead atoms. The smallest absolute Gasteiger partial charge is 0.171 e. The van der Waals surface area contributed by atoms with Gasteiger partial charge in [0.25, 0.3) is 0 Å². The Labute approximate surface area is 114 Å². The van der Waals surface area contributed by atoms with E-state index in [0.717, 1.165) is 5.92 Å². The van der Waals surface area contributed by atoms with Crippen LogP contribution in [0.3, 0.4) is 0 Å². The van der Waals surface area contributed by atoms with Gasteiger partial charge in [-0.2, -0.15) is 26.3 Å². The molecule has 2 fully saturated rings. The molecule has 2 aliphatic carbocycles. The fourth-order valence-corrected chi connectivity index (χ4v) is 3.55. The minimum Gasteiger partial charge on any atom is -0.171 e. The van der Waals surface area contributed by atoms with E-state index in [0.29, 0.717) is 25.7 Å². The van der Waals surface area contributed by atoms with Crippen LogP contribution < -0.4 is 0 Å². The van der Waals surface area contributed by atoms with Gasteiger partial charge in [0, 0.05) is 0 Å². The van der Waals surface area contributed by atoms with Crippen LogP contribution in [0.4, 0.5) is 26.3 Å². The van der Waals surface area contributed by atoms with Gasteiger partial charge in [0.15, 0.2) is 0 Å². The fourth-order valence-electron chi connectivity index (χ4n) is 3.55. The highest BCUT2D eigenvalue weighted by molar-refractivity contribution is 5.02. The Morgan fingerprint density at radius 3 is 1.40 bits per heavy atom. The van der Waals surface area contributed by atoms with Crippen LogP contribution in [-0.4, -0.2) is 12.4 Å². The van der Waals surface area contributed by atoms with Crippen molar-refractivity contribution in [1.29, 1.82) is 0 Å². The summed E-state index contributed by atoms with van der Waals surface area (Å²) in [5, 5.41) is 0. The van der Waals surface area contributed by atoms with Crippen molar-refractivity contribution in [3.8, 4) is 0 Å². The molecular weight excluding hydrogens is 282 g/mol. The number of alkyl halides is 6. The van der Waals surface area contributed by atoms with Crippen LogP contribution in [0, 0.1) is 23.7 Å². The zero-order valence-corrected chi connectivity index (χ0v) is 11.2. The van der Waals surface area contributed by atoms with Gasteiger partial charge < -0.3 is 0 Å². The SMILES string of the molecule is FC(F)(F)C1CC[C](C2CCC(C(F)(F)F)CC2)CC1. The summed E-state index contributed by atoms with van der Waals surface area (Å²) < 4.78 is 75.4. The van der Waals surface area contributed by atoms with Gasteiger partial charge in [0.2, 0.25) is 0 Å². The molecule has 0 heterocycles. The molecule has 2 aliphatic rings. The minimum absolute atomic E-state index is 0.109. The Morgan fingerprint density at radius 1 is 0.600 bits per heavy atom. The Bertz CT molecular complexity index is 271. The van der Waals surface area contributed by atoms with Crippen LogP contribution in [0.5, 0.6) is 0 Å². The third-order valence-corrected chi connectivity index (χ3v) is 4.86. The molecule has 1 radical (unpaired) electrons. The second-order valence-electron chi connectivity index (χ2n) is 6.06. The van der Waals surface area contributed by atoms with E-state index in [9.17, 15) is 26.3 Å². The van der Waals surface area contributed by atoms with Crippen molar-refractivity contribution >= 4 is 0 Å². The summed E-state index contributed by atoms with van der Waals surface area (Å²) >= 11 is 0. The van der Waals surface area contributed by atoms with Crippen LogP contribution in [0.15, 0.2) is 0 Å². The summed E-state index contributed by atoms with van der Waals surface area (Å²) in [5.41, 5.74) is 0. The summed E-state index contributed by atoms with van der Waals surface area (Å²) in [6, 6.07) is 0. The Kier molecular flexibility index (Phi) is 4.59. The maximum Gasteiger partial charge on any atom is 0.391 e. The molecule has 2 saturated carbocycles. The van der Waals surface area contributed by atoms with Crippen LogP contribution in [0.2, 0.25) is 0 Å². The Balaban J connectivity index is 1.79. The van der Waals surface area contributed by atoms with E-state index < -0.39 is 24.2 Å². The molecule has 0 N–H and O–H groups in total. The van der Waals surface area contributed by atoms with Crippen molar-refractivity contribution in [3.05, 3.63) is 5.92 Å². The van der Waals surface area contributed by atoms with Crippen molar-refractivity contribution in [3.63, 3.8) is 0 Å². The lowest BCUT2D eigenvalue weighted by Crippen LogP contribution is -2.32. The standard InChI is InChI=1S/C14H19F6/c15-13(16,17)11-5-1-9(2-6-11)10-3-7-12(8-4-10)14(18,19)20/h9,11-12H,1-8H2. The first kappa shape index (κ1) is 16.0. The largest absolute Gasteiger partial charge is 0.391 e. The molecule has 0 saturated heterocycles. The summed E-state index contributed by atoms with van der Waals surface area (Å²) in [7, 11) is 0. The maximum atomic E-state index is 12.6. The van der Waals surface area contributed by atoms with Gasteiger partial charge in [-0.1, -0.05) is 0 Å². The summed E-state index contributed by atoms with van der Waals surface area (Å²) in [6.45, 7) is 0. The monoisotopic (exact) mass is 301 g/mol. The molecule has 0 atom stereocenters. The summed E-state index contributed by atoms with van der Waals surface area (Å²) in [5.74, 6) is -1.25. The molecule has 117 valence electrons. The van der Waals surface area contributed by atoms with Crippen LogP contribution >= 0.6 is 0 Å². The second kappa shape index (κ2) is 5.76. The average molecular weight is 301 g/mol. The lowest BCUT2D eigenvalue weighted by molar-refractivity contribution is -0.186. The quantitative estimate of drug-likeness (QED) is 0.546. The molecule has 2 rings (SSSR count). The number of hydrogen-bond donors (Lipinski definition) is 0. The molecule has 0 amide bonds. The summed E-state index contributed by atoms with van der Waals surface area (Å²) in [4.78, 5) is 0. The molecule has 6 heteroatoms. The van der Waals surface area contributed by atoms with Crippen molar-refractivity contribution in [2.75, 3.05) is 0 Å². The van der Waals surface area contributed by atoms with Crippen molar-refractivity contribution < 1.29 is 26.3 Å². The van der Waals surface area contributed by atoms with Gasteiger partial charge in [-0.05, 0) is 63.2 Å². The molecule has 0 nitrogen and oxygen atoms in total. The molecule has 0 spiro atoms. The zero-order chi connectivity index (χ0) is 15.0. The Morgan fingerprint density at radius 2 is 1.00 bits per heavy atom. The average Bonchev–Trinajstić information content (AvgIpc) is 2.37. The van der Waals surface area contributed by atoms with E-state index in [1.807, 2.05) is 0 Å². The van der Waals surface area contributed by atoms with Crippen molar-refractivity contribution in [2.24, 2.45) is 17.8 Å². The van der Waals surface area contributed by atoms with Crippen molar-refractivity contribution in [2.45, 2.75) is 63.7 Å². The van der Waals surface area contributed by atoms with Crippen LogP contribution in [0.25, 0.3) is 0 Å². The number of hydrogen-bond acceptors (Lipinski definition) is 0. The first-order chi connectivity index (χ1) is 9.18. The van der Waals surface area contributed by atoms with Gasteiger partial charge in [0.05, 0.1) is 11.8 Å². The molecule has 0 aliphatic heterocycles. The predicted molar refractivity (Wildman–Crippen MR) is 62.8 cm³/mol. The maximum absolute atomic E-state index is 12.6. The highest BCUT2D eigenvalue weighted by atomic mass is 19.4. The van der Waals surface area contributed by atoms with Crippen molar-refractivity contribution in [1.82, 2.24) is 0 Å². The lowest BCUT2D eigenvalue weighted by Gasteiger charge is -2.38. The van der Waals surface area contributed by atoms with E-state index in [1.165, 1.54) is 0 Å². The third kappa shape index (κ3) is 3.82. The van der Waals surface area contributed by atoms with E-state index in [1.54, 1.807) is 0 Å². The second-order valence-corrected chi connectivity index (χ2v) is 6.06. The lowest BCUT2D eigenvalue weighted by atomic mass is 9.69. The summed E-state index contributed by atoms with van der Waals surface area (Å²) in [6.07, 6.45) is -5.94. The molecule has 20 heavy (non-hydrogen) atoms.